The smallest absolute Gasteiger partial charge is 0.227 e. The van der Waals surface area contributed by atoms with E-state index in [-0.39, 0.29) is 11.8 Å². The normalized spacial score (nSPS) is 23.2. The first-order chi connectivity index (χ1) is 12.3. The molecule has 2 heterocycles. The molecule has 0 bridgehead atoms. The van der Waals surface area contributed by atoms with Crippen LogP contribution in [0.5, 0.6) is 0 Å². The summed E-state index contributed by atoms with van der Waals surface area (Å²) < 4.78 is 25.0. The Labute approximate surface area is 160 Å². The fourth-order valence-corrected chi connectivity index (χ4v) is 4.85. The summed E-state index contributed by atoms with van der Waals surface area (Å²) in [6.07, 6.45) is 2.74. The molecule has 2 aliphatic heterocycles. The van der Waals surface area contributed by atoms with Gasteiger partial charge in [-0.2, -0.15) is 0 Å². The van der Waals surface area contributed by atoms with Crippen LogP contribution in [-0.2, 0) is 21.4 Å². The van der Waals surface area contributed by atoms with Gasteiger partial charge in [-0.1, -0.05) is 23.7 Å². The van der Waals surface area contributed by atoms with E-state index in [2.05, 4.69) is 11.0 Å². The van der Waals surface area contributed by atoms with Crippen molar-refractivity contribution < 1.29 is 13.2 Å². The van der Waals surface area contributed by atoms with E-state index in [1.807, 2.05) is 23.1 Å². The Morgan fingerprint density at radius 2 is 1.92 bits per heavy atom. The third-order valence-electron chi connectivity index (χ3n) is 5.18. The molecule has 0 radical (unpaired) electrons. The minimum atomic E-state index is -3.23. The highest BCUT2D eigenvalue weighted by molar-refractivity contribution is 7.88. The molecule has 2 aliphatic rings. The lowest BCUT2D eigenvalue weighted by Crippen LogP contribution is -2.52. The molecule has 26 heavy (non-hydrogen) atoms. The van der Waals surface area contributed by atoms with E-state index >= 15 is 0 Å². The van der Waals surface area contributed by atoms with Crippen molar-refractivity contribution in [2.75, 3.05) is 45.5 Å². The molecule has 2 fully saturated rings. The number of amides is 1. The monoisotopic (exact) mass is 399 g/mol. The van der Waals surface area contributed by atoms with Gasteiger partial charge in [0.05, 0.1) is 12.2 Å². The molecule has 2 saturated heterocycles. The molecule has 1 atom stereocenters. The average Bonchev–Trinajstić information content (AvgIpc) is 2.61. The zero-order chi connectivity index (χ0) is 18.7. The van der Waals surface area contributed by atoms with E-state index < -0.39 is 10.0 Å². The van der Waals surface area contributed by atoms with Crippen LogP contribution in [0.3, 0.4) is 0 Å². The lowest BCUT2D eigenvalue weighted by molar-refractivity contribution is -0.138. The number of carbonyl (C=O) groups excluding carboxylic acids is 1. The van der Waals surface area contributed by atoms with Gasteiger partial charge in [0.2, 0.25) is 15.9 Å². The quantitative estimate of drug-likeness (QED) is 0.772. The molecule has 1 amide bonds. The number of hydrogen-bond donors (Lipinski definition) is 0. The lowest BCUT2D eigenvalue weighted by Gasteiger charge is -2.38. The van der Waals surface area contributed by atoms with Crippen molar-refractivity contribution in [2.24, 2.45) is 5.92 Å². The summed E-state index contributed by atoms with van der Waals surface area (Å²) in [6, 6.07) is 7.85. The fourth-order valence-electron chi connectivity index (χ4n) is 3.72. The predicted molar refractivity (Wildman–Crippen MR) is 102 cm³/mol. The first kappa shape index (κ1) is 19.6. The van der Waals surface area contributed by atoms with E-state index in [1.54, 1.807) is 0 Å². The van der Waals surface area contributed by atoms with Crippen LogP contribution < -0.4 is 0 Å². The van der Waals surface area contributed by atoms with Gasteiger partial charge in [0, 0.05) is 50.8 Å². The summed E-state index contributed by atoms with van der Waals surface area (Å²) >= 11 is 6.04. The molecule has 0 spiro atoms. The Morgan fingerprint density at radius 1 is 1.19 bits per heavy atom. The molecule has 3 rings (SSSR count). The van der Waals surface area contributed by atoms with Gasteiger partial charge >= 0.3 is 0 Å². The third kappa shape index (κ3) is 4.97. The van der Waals surface area contributed by atoms with Crippen LogP contribution in [0.4, 0.5) is 0 Å². The van der Waals surface area contributed by atoms with Crippen molar-refractivity contribution in [3.63, 3.8) is 0 Å². The van der Waals surface area contributed by atoms with Gasteiger partial charge in [0.15, 0.2) is 0 Å². The molecular weight excluding hydrogens is 374 g/mol. The van der Waals surface area contributed by atoms with Crippen molar-refractivity contribution in [1.29, 1.82) is 0 Å². The van der Waals surface area contributed by atoms with Crippen LogP contribution in [0.25, 0.3) is 0 Å². The van der Waals surface area contributed by atoms with E-state index in [9.17, 15) is 13.2 Å². The fraction of sp³-hybridized carbons (Fsp3) is 0.611. The second-order valence-corrected chi connectivity index (χ2v) is 9.61. The Morgan fingerprint density at radius 3 is 2.58 bits per heavy atom. The minimum Gasteiger partial charge on any atom is -0.340 e. The molecule has 6 nitrogen and oxygen atoms in total. The Bertz CT molecular complexity index is 748. The van der Waals surface area contributed by atoms with Crippen LogP contribution in [0.1, 0.15) is 18.4 Å². The van der Waals surface area contributed by atoms with Gasteiger partial charge < -0.3 is 4.90 Å². The van der Waals surface area contributed by atoms with E-state index in [4.69, 9.17) is 11.6 Å². The zero-order valence-electron chi connectivity index (χ0n) is 15.1. The van der Waals surface area contributed by atoms with Gasteiger partial charge in [-0.3, -0.25) is 9.69 Å². The molecule has 0 aromatic heterocycles. The van der Waals surface area contributed by atoms with Gasteiger partial charge in [-0.15, -0.1) is 0 Å². The molecule has 1 aromatic rings. The van der Waals surface area contributed by atoms with E-state index in [0.29, 0.717) is 26.2 Å². The second kappa shape index (κ2) is 8.25. The number of halogens is 1. The van der Waals surface area contributed by atoms with Crippen LogP contribution in [0.2, 0.25) is 5.02 Å². The summed E-state index contributed by atoms with van der Waals surface area (Å²) in [4.78, 5) is 17.0. The van der Waals surface area contributed by atoms with Crippen molar-refractivity contribution in [2.45, 2.75) is 19.4 Å². The highest BCUT2D eigenvalue weighted by atomic mass is 35.5. The maximum absolute atomic E-state index is 12.8. The van der Waals surface area contributed by atoms with Gasteiger partial charge in [0.25, 0.3) is 0 Å². The third-order valence-corrected chi connectivity index (χ3v) is 6.69. The maximum Gasteiger partial charge on any atom is 0.227 e. The molecule has 1 aromatic carbocycles. The molecular formula is C18H26ClN3O3S. The number of rotatable bonds is 4. The number of piperazine rings is 1. The first-order valence-electron chi connectivity index (χ1n) is 9.03. The van der Waals surface area contributed by atoms with Gasteiger partial charge in [0.1, 0.15) is 0 Å². The minimum absolute atomic E-state index is 0.0979. The van der Waals surface area contributed by atoms with Crippen molar-refractivity contribution >= 4 is 27.5 Å². The second-order valence-electron chi connectivity index (χ2n) is 7.19. The number of carbonyl (C=O) groups is 1. The van der Waals surface area contributed by atoms with Crippen molar-refractivity contribution in [3.05, 3.63) is 34.9 Å². The largest absolute Gasteiger partial charge is 0.340 e. The standard InChI is InChI=1S/C18H26ClN3O3S/c1-26(24,25)22-7-3-5-16(14-22)18(23)21-10-8-20(9-11-21)13-15-4-2-6-17(19)12-15/h2,4,6,12,16H,3,5,7-11,13-14H2,1H3/t16-/m0/s1. The van der Waals surface area contributed by atoms with Crippen LogP contribution >= 0.6 is 11.6 Å². The topological polar surface area (TPSA) is 60.9 Å². The molecule has 0 N–H and O–H groups in total. The van der Waals surface area contributed by atoms with Crippen LogP contribution in [0.15, 0.2) is 24.3 Å². The van der Waals surface area contributed by atoms with Gasteiger partial charge in [-0.05, 0) is 30.5 Å². The lowest BCUT2D eigenvalue weighted by atomic mass is 9.97. The summed E-state index contributed by atoms with van der Waals surface area (Å²) in [6.45, 7) is 4.69. The van der Waals surface area contributed by atoms with Crippen molar-refractivity contribution in [1.82, 2.24) is 14.1 Å². The Balaban J connectivity index is 1.52. The highest BCUT2D eigenvalue weighted by Crippen LogP contribution is 2.22. The molecule has 0 unspecified atom stereocenters. The highest BCUT2D eigenvalue weighted by Gasteiger charge is 2.33. The summed E-state index contributed by atoms with van der Waals surface area (Å²) in [5.41, 5.74) is 1.17. The van der Waals surface area contributed by atoms with Crippen molar-refractivity contribution in [3.8, 4) is 0 Å². The Kier molecular flexibility index (Phi) is 6.22. The molecule has 8 heteroatoms. The number of sulfonamides is 1. The average molecular weight is 400 g/mol. The van der Waals surface area contributed by atoms with E-state index in [1.165, 1.54) is 16.1 Å². The molecule has 144 valence electrons. The van der Waals surface area contributed by atoms with E-state index in [0.717, 1.165) is 37.5 Å². The van der Waals surface area contributed by atoms with Crippen LogP contribution in [-0.4, -0.2) is 74.0 Å². The maximum atomic E-state index is 12.8. The molecule has 0 saturated carbocycles. The summed E-state index contributed by atoms with van der Waals surface area (Å²) in [5.74, 6) is -0.112. The number of nitrogens with zero attached hydrogens (tertiary/aromatic N) is 3. The number of hydrogen-bond acceptors (Lipinski definition) is 4. The van der Waals surface area contributed by atoms with Gasteiger partial charge in [-0.25, -0.2) is 12.7 Å². The number of piperidine rings is 1. The predicted octanol–water partition coefficient (Wildman–Crippen LogP) is 1.66. The summed E-state index contributed by atoms with van der Waals surface area (Å²) in [7, 11) is -3.23. The Hall–Kier alpha value is -1.15. The molecule has 0 aliphatic carbocycles. The number of benzene rings is 1. The van der Waals surface area contributed by atoms with Crippen LogP contribution in [0, 0.1) is 5.92 Å². The summed E-state index contributed by atoms with van der Waals surface area (Å²) in [5, 5.41) is 0.740. The first-order valence-corrected chi connectivity index (χ1v) is 11.3. The zero-order valence-corrected chi connectivity index (χ0v) is 16.7. The SMILES string of the molecule is CS(=O)(=O)N1CCC[C@H](C(=O)N2CCN(Cc3cccc(Cl)c3)CC2)C1.